The number of carbonyl (C=O) groups excluding carboxylic acids is 18. The Morgan fingerprint density at radius 3 is 1.31 bits per heavy atom. The van der Waals surface area contributed by atoms with Gasteiger partial charge in [-0.1, -0.05) is 98.6 Å². The average molecular weight is 1830 g/mol. The molecule has 48 heteroatoms. The highest BCUT2D eigenvalue weighted by atomic mass is 32.1. The molecule has 0 bridgehead atoms. The molecule has 0 spiro atoms. The van der Waals surface area contributed by atoms with Gasteiger partial charge in [0.1, 0.15) is 72.5 Å². The quantitative estimate of drug-likeness (QED) is 0.0153. The van der Waals surface area contributed by atoms with Crippen LogP contribution < -0.4 is 124 Å². The van der Waals surface area contributed by atoms with E-state index in [9.17, 15) is 101 Å². The Kier molecular flexibility index (Phi) is 52.4. The number of nitrogens with one attached hydrogen (secondary N) is 21. The third-order valence-electron chi connectivity index (χ3n) is 20.3. The van der Waals surface area contributed by atoms with Gasteiger partial charge < -0.3 is 124 Å². The van der Waals surface area contributed by atoms with Crippen LogP contribution in [0, 0.1) is 34.5 Å². The molecule has 1 fully saturated rings. The van der Waals surface area contributed by atoms with Crippen molar-refractivity contribution in [2.24, 2.45) is 46.6 Å². The van der Waals surface area contributed by atoms with Crippen LogP contribution in [0.15, 0.2) is 30.3 Å². The third kappa shape index (κ3) is 43.1. The number of ketones is 2. The number of carboxylic acid groups (broad SMARTS) is 1. The molecule has 0 aliphatic carbocycles. The Hall–Kier alpha value is -11.4. The molecule has 0 radical (unpaired) electrons. The number of guanidine groups is 2. The van der Waals surface area contributed by atoms with E-state index in [1.54, 1.807) is 65.0 Å². The summed E-state index contributed by atoms with van der Waals surface area (Å²) in [5.74, 6) is -22.8. The number of Topliss-reactive ketones (excluding diaryl/α,β-unsaturated/α-hetero) is 2. The first kappa shape index (κ1) is 112. The number of benzene rings is 1. The highest BCUT2D eigenvalue weighted by Gasteiger charge is 2.39. The molecule has 46 nitrogen and oxygen atoms in total. The lowest BCUT2D eigenvalue weighted by atomic mass is 9.96. The van der Waals surface area contributed by atoms with Crippen molar-refractivity contribution in [3.8, 4) is 0 Å². The van der Waals surface area contributed by atoms with Crippen molar-refractivity contribution in [3.05, 3.63) is 35.9 Å². The number of aliphatic carboxylic acids is 1. The second-order valence-electron chi connectivity index (χ2n) is 31.6. The maximum Gasteiger partial charge on any atom is 0.305 e. The molecule has 0 aromatic heterocycles. The molecule has 16 amide bonds. The van der Waals surface area contributed by atoms with Gasteiger partial charge in [-0.2, -0.15) is 25.3 Å². The molecule has 127 heavy (non-hydrogen) atoms. The van der Waals surface area contributed by atoms with Crippen LogP contribution in [0.3, 0.4) is 0 Å². The molecule has 1 heterocycles. The lowest BCUT2D eigenvalue weighted by molar-refractivity contribution is -0.142. The number of aliphatic hydroxyl groups is 1. The van der Waals surface area contributed by atoms with E-state index in [4.69, 9.17) is 33.8 Å². The molecule has 712 valence electrons. The number of aliphatic hydroxyl groups excluding tert-OH is 1. The number of carboxylic acids is 1. The zero-order valence-corrected chi connectivity index (χ0v) is 75.1. The highest BCUT2D eigenvalue weighted by molar-refractivity contribution is 7.80. The van der Waals surface area contributed by atoms with Crippen LogP contribution in [0.1, 0.15) is 164 Å². The van der Waals surface area contributed by atoms with Crippen molar-refractivity contribution in [1.29, 1.82) is 10.8 Å². The molecule has 1 unspecified atom stereocenters. The lowest BCUT2D eigenvalue weighted by Gasteiger charge is -2.30. The summed E-state index contributed by atoms with van der Waals surface area (Å²) < 4.78 is 0. The summed E-state index contributed by atoms with van der Waals surface area (Å²) in [5.41, 5.74) is 28.4. The Labute approximate surface area is 748 Å². The van der Waals surface area contributed by atoms with Crippen molar-refractivity contribution in [1.82, 2.24) is 101 Å². The predicted octanol–water partition coefficient (Wildman–Crippen LogP) is -7.78. The first-order chi connectivity index (χ1) is 59.9. The summed E-state index contributed by atoms with van der Waals surface area (Å²) >= 11 is 8.57. The maximum absolute atomic E-state index is 14.6. The number of nitrogens with two attached hydrogens (primary N) is 4. The first-order valence-electron chi connectivity index (χ1n) is 42.2. The Morgan fingerprint density at radius 1 is 0.457 bits per heavy atom. The summed E-state index contributed by atoms with van der Waals surface area (Å²) in [7, 11) is 0. The van der Waals surface area contributed by atoms with Crippen LogP contribution in [-0.4, -0.2) is 276 Å². The standard InChI is InChI=1S/C79H133N25O21S2/c1-10-42(7)64-75(123)90-34-59(109)91-44(9)66(114)100-63(41(5)6)76(124)99-53(37-105)74(122)96-47(22-17-29-86-78(82)83)69(117)97-50(31-40(3)4)67(115)88-36-61(111)93-54(38-126)56(106)25-26-57(107)55(39-127)104-103-52(32-45-19-13-12-14-20-45)68(116)89-35-60(110)92-49(24-27-58(81)108)70(118)94-46(21-15-16-28-80)71(119)102-65(43(8)11-2)77(125)98-51(33-62(112)113)73(121)95-48(72(120)101-64)23-18-30-87-79(84)85/h12-14,19-20,40-44,46-55,63-65,103-105,126-127H,10-11,15-18,21-39,80H2,1-9H3,(H2,81,108)(H,88,115)(H,89,116)(H,90,123)(H,91,109)(H,92,110)(H,93,111)(H,94,118)(H,95,121)(H,96,122)(H,97,117)(H,98,125)(H,99,124)(H,100,114)(H,101,120)(H,102,119)(H,112,113)(H4,82,83,86)(H4,84,85,87)/t42-,43-,44?,46-,47-,48-,49-,50-,51-,52-,53-,54-,55-,63-,64-,65-/m0/s1. The third-order valence-corrected chi connectivity index (χ3v) is 21.0. The van der Waals surface area contributed by atoms with Gasteiger partial charge in [-0.3, -0.25) is 102 Å². The normalized spacial score (nSPS) is 25.0. The molecule has 1 aliphatic rings. The van der Waals surface area contributed by atoms with E-state index >= 15 is 0 Å². The van der Waals surface area contributed by atoms with Crippen LogP contribution in [0.2, 0.25) is 0 Å². The SMILES string of the molecule is CC[C@H](C)[C@@H]1NC(=O)[C@H](CCCNC(=N)N)NC(=O)[C@H](CC(=O)O)NC(=O)[C@H]([C@@H](C)CC)NC(=O)[C@H](CCCCN)NC(=O)[C@H](CCC(N)=O)NC(=O)CNC(=O)[C@H](Cc2ccccc2)NN[C@@H](CS)C(=O)CCC(=O)[C@H](CS)NC(=O)CNC(=O)[C@H](CC(C)C)NC(=O)[C@H](CCCNC(=N)N)NC(=O)[C@H](CO)NC(=O)[C@H](C(C)C)NC(=O)C(C)NC(=O)CNC1=O. The maximum atomic E-state index is 14.6. The Morgan fingerprint density at radius 2 is 0.850 bits per heavy atom. The molecular weight excluding hydrogens is 1700 g/mol. The molecule has 2 rings (SSSR count). The summed E-state index contributed by atoms with van der Waals surface area (Å²) in [6.07, 6.45) is -2.85. The molecule has 1 aliphatic heterocycles. The average Bonchev–Trinajstić information content (AvgIpc) is 0.849. The number of thiol groups is 2. The van der Waals surface area contributed by atoms with E-state index in [1.165, 1.54) is 27.7 Å². The molecule has 16 atom stereocenters. The minimum absolute atomic E-state index is 0.00218. The molecule has 31 N–H and O–H groups in total. The smallest absolute Gasteiger partial charge is 0.305 e. The van der Waals surface area contributed by atoms with Crippen LogP contribution in [0.25, 0.3) is 0 Å². The van der Waals surface area contributed by atoms with E-state index in [2.05, 4.69) is 126 Å². The van der Waals surface area contributed by atoms with Gasteiger partial charge in [-0.05, 0) is 107 Å². The fraction of sp³-hybridized carbons (Fsp3) is 0.658. The summed E-state index contributed by atoms with van der Waals surface area (Å²) in [5, 5.41) is 78.0. The monoisotopic (exact) mass is 1830 g/mol. The summed E-state index contributed by atoms with van der Waals surface area (Å²) in [4.78, 5) is 264. The topological polar surface area (TPSA) is 745 Å². The van der Waals surface area contributed by atoms with Crippen LogP contribution >= 0.6 is 25.3 Å². The van der Waals surface area contributed by atoms with Crippen LogP contribution in [0.5, 0.6) is 0 Å². The second-order valence-corrected chi connectivity index (χ2v) is 32.3. The van der Waals surface area contributed by atoms with Gasteiger partial charge in [-0.25, -0.2) is 10.9 Å². The number of primary amides is 1. The number of unbranched alkanes of at least 4 members (excludes halogenated alkanes) is 1. The van der Waals surface area contributed by atoms with Gasteiger partial charge in [0.15, 0.2) is 23.5 Å². The van der Waals surface area contributed by atoms with Crippen molar-refractivity contribution >= 4 is 149 Å². The second kappa shape index (κ2) is 59.6. The van der Waals surface area contributed by atoms with Gasteiger partial charge in [0.2, 0.25) is 94.5 Å². The lowest BCUT2D eigenvalue weighted by Crippen LogP contribution is -2.61. The number of hydrogen-bond acceptors (Lipinski definition) is 27. The summed E-state index contributed by atoms with van der Waals surface area (Å²) in [6, 6.07) is -12.8. The predicted molar refractivity (Wildman–Crippen MR) is 471 cm³/mol. The molecule has 1 aromatic carbocycles. The number of hydrazine groups is 1. The minimum Gasteiger partial charge on any atom is -0.481 e. The first-order valence-corrected chi connectivity index (χ1v) is 43.4. The fourth-order valence-corrected chi connectivity index (χ4v) is 13.1. The van der Waals surface area contributed by atoms with E-state index in [1.807, 2.05) is 0 Å². The molecular formula is C79H133N25O21S2. The Bertz CT molecular complexity index is 3910. The van der Waals surface area contributed by atoms with E-state index in [0.29, 0.717) is 12.0 Å². The molecule has 0 saturated carbocycles. The van der Waals surface area contributed by atoms with E-state index in [-0.39, 0.29) is 101 Å². The largest absolute Gasteiger partial charge is 0.481 e. The van der Waals surface area contributed by atoms with Crippen LogP contribution in [0.4, 0.5) is 0 Å². The minimum atomic E-state index is -2.00. The number of amides is 16. The van der Waals surface area contributed by atoms with Crippen molar-refractivity contribution in [2.45, 2.75) is 250 Å². The van der Waals surface area contributed by atoms with Gasteiger partial charge in [0.05, 0.1) is 44.7 Å². The van der Waals surface area contributed by atoms with Gasteiger partial charge in [-0.15, -0.1) is 0 Å². The molecule has 1 saturated heterocycles. The fourth-order valence-electron chi connectivity index (χ4n) is 12.5. The van der Waals surface area contributed by atoms with Gasteiger partial charge >= 0.3 is 5.97 Å². The van der Waals surface area contributed by atoms with Crippen LogP contribution in [-0.2, 0) is 97.5 Å². The highest BCUT2D eigenvalue weighted by Crippen LogP contribution is 2.16. The molecule has 1 aromatic rings. The van der Waals surface area contributed by atoms with Crippen molar-refractivity contribution in [3.63, 3.8) is 0 Å². The Balaban J connectivity index is 2.82. The summed E-state index contributed by atoms with van der Waals surface area (Å²) in [6.45, 7) is 10.7. The number of hydrogen-bond donors (Lipinski definition) is 29. The van der Waals surface area contributed by atoms with E-state index in [0.717, 1.165) is 0 Å². The zero-order chi connectivity index (χ0) is 95.7. The number of carbonyl (C=O) groups is 19. The van der Waals surface area contributed by atoms with Crippen molar-refractivity contribution in [2.75, 3.05) is 57.4 Å². The number of rotatable bonds is 29. The zero-order valence-electron chi connectivity index (χ0n) is 73.3. The van der Waals surface area contributed by atoms with E-state index < -0.39 is 285 Å². The van der Waals surface area contributed by atoms with Crippen molar-refractivity contribution < 1.29 is 101 Å². The van der Waals surface area contributed by atoms with Gasteiger partial charge in [0, 0.05) is 43.9 Å². The van der Waals surface area contributed by atoms with Gasteiger partial charge in [0.25, 0.3) is 0 Å².